The highest BCUT2D eigenvalue weighted by atomic mass is 16.5. The summed E-state index contributed by atoms with van der Waals surface area (Å²) in [5.74, 6) is 0. The summed E-state index contributed by atoms with van der Waals surface area (Å²) in [6, 6.07) is 0. The van der Waals surface area contributed by atoms with Gasteiger partial charge in [-0.1, -0.05) is 20.3 Å². The molecule has 0 aliphatic rings. The summed E-state index contributed by atoms with van der Waals surface area (Å²) in [5, 5.41) is 0. The summed E-state index contributed by atoms with van der Waals surface area (Å²) >= 11 is 0. The smallest absolute Gasteiger partial charge is 0.0703 e. The molecule has 0 heterocycles. The van der Waals surface area contributed by atoms with Gasteiger partial charge in [0.1, 0.15) is 0 Å². The molecule has 0 amide bonds. The lowest BCUT2D eigenvalue weighted by molar-refractivity contribution is 0.0183. The van der Waals surface area contributed by atoms with Crippen molar-refractivity contribution >= 4 is 0 Å². The first-order chi connectivity index (χ1) is 7.48. The van der Waals surface area contributed by atoms with Crippen LogP contribution >= 0.6 is 0 Å². The molecule has 0 bridgehead atoms. The van der Waals surface area contributed by atoms with Crippen LogP contribution in [0, 0.1) is 5.41 Å². The van der Waals surface area contributed by atoms with Gasteiger partial charge in [0.2, 0.25) is 0 Å². The minimum atomic E-state index is 0.279. The summed E-state index contributed by atoms with van der Waals surface area (Å²) in [7, 11) is 0. The molecule has 0 aliphatic carbocycles. The fourth-order valence-corrected chi connectivity index (χ4v) is 1.35. The average molecular weight is 231 g/mol. The SMILES string of the molecule is CC(C)OCCOCCCCC(C)(C)CN. The van der Waals surface area contributed by atoms with E-state index in [0.717, 1.165) is 19.6 Å². The lowest BCUT2D eigenvalue weighted by Crippen LogP contribution is -2.23. The molecule has 98 valence electrons. The third kappa shape index (κ3) is 10.4. The molecule has 0 radical (unpaired) electrons. The zero-order chi connectivity index (χ0) is 12.4. The highest BCUT2D eigenvalue weighted by Gasteiger charge is 2.14. The van der Waals surface area contributed by atoms with E-state index in [0.29, 0.717) is 19.3 Å². The van der Waals surface area contributed by atoms with Crippen molar-refractivity contribution in [3.8, 4) is 0 Å². The number of ether oxygens (including phenoxy) is 2. The largest absolute Gasteiger partial charge is 0.379 e. The first-order valence-electron chi connectivity index (χ1n) is 6.37. The van der Waals surface area contributed by atoms with Crippen molar-refractivity contribution in [1.82, 2.24) is 0 Å². The third-order valence-electron chi connectivity index (χ3n) is 2.62. The molecule has 0 aromatic heterocycles. The maximum Gasteiger partial charge on any atom is 0.0703 e. The fourth-order valence-electron chi connectivity index (χ4n) is 1.35. The van der Waals surface area contributed by atoms with Crippen LogP contribution in [-0.4, -0.2) is 32.5 Å². The van der Waals surface area contributed by atoms with Gasteiger partial charge in [-0.3, -0.25) is 0 Å². The van der Waals surface area contributed by atoms with Crippen LogP contribution in [0.4, 0.5) is 0 Å². The monoisotopic (exact) mass is 231 g/mol. The van der Waals surface area contributed by atoms with Gasteiger partial charge in [-0.25, -0.2) is 0 Å². The summed E-state index contributed by atoms with van der Waals surface area (Å²) in [6.45, 7) is 11.5. The lowest BCUT2D eigenvalue weighted by Gasteiger charge is -2.21. The molecule has 0 atom stereocenters. The van der Waals surface area contributed by atoms with Gasteiger partial charge in [0.25, 0.3) is 0 Å². The molecular formula is C13H29NO2. The molecule has 0 spiro atoms. The van der Waals surface area contributed by atoms with Gasteiger partial charge in [-0.15, -0.1) is 0 Å². The zero-order valence-corrected chi connectivity index (χ0v) is 11.4. The van der Waals surface area contributed by atoms with Crippen molar-refractivity contribution in [2.45, 2.75) is 53.1 Å². The van der Waals surface area contributed by atoms with Gasteiger partial charge >= 0.3 is 0 Å². The topological polar surface area (TPSA) is 44.5 Å². The Morgan fingerprint density at radius 2 is 1.75 bits per heavy atom. The van der Waals surface area contributed by atoms with Crippen LogP contribution in [0.3, 0.4) is 0 Å². The highest BCUT2D eigenvalue weighted by molar-refractivity contribution is 4.68. The molecule has 0 saturated heterocycles. The molecule has 0 saturated carbocycles. The fraction of sp³-hybridized carbons (Fsp3) is 1.00. The maximum absolute atomic E-state index is 5.67. The number of unbranched alkanes of at least 4 members (excludes halogenated alkanes) is 1. The summed E-state index contributed by atoms with van der Waals surface area (Å²) < 4.78 is 10.9. The van der Waals surface area contributed by atoms with Gasteiger partial charge in [-0.2, -0.15) is 0 Å². The Labute approximate surface area is 101 Å². The number of hydrogen-bond donors (Lipinski definition) is 1. The molecule has 0 fully saturated rings. The van der Waals surface area contributed by atoms with E-state index in [4.69, 9.17) is 15.2 Å². The van der Waals surface area contributed by atoms with Gasteiger partial charge in [-0.05, 0) is 38.6 Å². The van der Waals surface area contributed by atoms with Crippen molar-refractivity contribution in [2.24, 2.45) is 11.1 Å². The van der Waals surface area contributed by atoms with Crippen LogP contribution in [0.1, 0.15) is 47.0 Å². The molecule has 16 heavy (non-hydrogen) atoms. The van der Waals surface area contributed by atoms with Gasteiger partial charge in [0.15, 0.2) is 0 Å². The van der Waals surface area contributed by atoms with Crippen LogP contribution < -0.4 is 5.73 Å². The Morgan fingerprint density at radius 3 is 2.31 bits per heavy atom. The van der Waals surface area contributed by atoms with Gasteiger partial charge in [0, 0.05) is 6.61 Å². The minimum Gasteiger partial charge on any atom is -0.379 e. The highest BCUT2D eigenvalue weighted by Crippen LogP contribution is 2.20. The van der Waals surface area contributed by atoms with Crippen molar-refractivity contribution < 1.29 is 9.47 Å². The number of hydrogen-bond acceptors (Lipinski definition) is 3. The standard InChI is InChI=1S/C13H29NO2/c1-12(2)16-10-9-15-8-6-5-7-13(3,4)11-14/h12H,5-11,14H2,1-4H3. The van der Waals surface area contributed by atoms with E-state index in [1.165, 1.54) is 12.8 Å². The first-order valence-corrected chi connectivity index (χ1v) is 6.37. The van der Waals surface area contributed by atoms with Crippen LogP contribution in [0.15, 0.2) is 0 Å². The van der Waals surface area contributed by atoms with Gasteiger partial charge < -0.3 is 15.2 Å². The first kappa shape index (κ1) is 15.9. The maximum atomic E-state index is 5.67. The van der Waals surface area contributed by atoms with Crippen LogP contribution in [0.5, 0.6) is 0 Å². The molecule has 0 aromatic rings. The summed E-state index contributed by atoms with van der Waals surface area (Å²) in [6.07, 6.45) is 3.78. The van der Waals surface area contributed by atoms with Crippen LogP contribution in [0.25, 0.3) is 0 Å². The molecule has 3 nitrogen and oxygen atoms in total. The zero-order valence-electron chi connectivity index (χ0n) is 11.4. The predicted molar refractivity (Wildman–Crippen MR) is 68.6 cm³/mol. The van der Waals surface area contributed by atoms with Crippen LogP contribution in [0.2, 0.25) is 0 Å². The lowest BCUT2D eigenvalue weighted by atomic mass is 9.87. The van der Waals surface area contributed by atoms with Crippen molar-refractivity contribution in [3.63, 3.8) is 0 Å². The molecule has 0 aromatic carbocycles. The number of nitrogens with two attached hydrogens (primary N) is 1. The van der Waals surface area contributed by atoms with E-state index in [1.807, 2.05) is 13.8 Å². The molecular weight excluding hydrogens is 202 g/mol. The molecule has 0 unspecified atom stereocenters. The second-order valence-corrected chi connectivity index (χ2v) is 5.36. The molecule has 0 rings (SSSR count). The second-order valence-electron chi connectivity index (χ2n) is 5.36. The minimum absolute atomic E-state index is 0.279. The molecule has 3 heteroatoms. The van der Waals surface area contributed by atoms with E-state index < -0.39 is 0 Å². The number of rotatable bonds is 10. The van der Waals surface area contributed by atoms with Crippen molar-refractivity contribution in [1.29, 1.82) is 0 Å². The Balaban J connectivity index is 3.16. The van der Waals surface area contributed by atoms with Crippen molar-refractivity contribution in [3.05, 3.63) is 0 Å². The summed E-state index contributed by atoms with van der Waals surface area (Å²) in [5.41, 5.74) is 5.95. The Bertz CT molecular complexity index is 158. The van der Waals surface area contributed by atoms with E-state index in [-0.39, 0.29) is 5.41 Å². The average Bonchev–Trinajstić information content (AvgIpc) is 2.21. The van der Waals surface area contributed by atoms with E-state index >= 15 is 0 Å². The Morgan fingerprint density at radius 1 is 1.06 bits per heavy atom. The van der Waals surface area contributed by atoms with Crippen LogP contribution in [-0.2, 0) is 9.47 Å². The second kappa shape index (κ2) is 8.97. The Kier molecular flexibility index (Phi) is 8.90. The predicted octanol–water partition coefficient (Wildman–Crippen LogP) is 2.58. The normalized spacial score (nSPS) is 12.4. The van der Waals surface area contributed by atoms with E-state index in [1.54, 1.807) is 0 Å². The quantitative estimate of drug-likeness (QED) is 0.588. The molecule has 0 aliphatic heterocycles. The third-order valence-corrected chi connectivity index (χ3v) is 2.62. The van der Waals surface area contributed by atoms with Crippen molar-refractivity contribution in [2.75, 3.05) is 26.4 Å². The Hall–Kier alpha value is -0.120. The van der Waals surface area contributed by atoms with Gasteiger partial charge in [0.05, 0.1) is 19.3 Å². The van der Waals surface area contributed by atoms with E-state index in [9.17, 15) is 0 Å². The van der Waals surface area contributed by atoms with E-state index in [2.05, 4.69) is 13.8 Å². The molecule has 2 N–H and O–H groups in total. The summed E-state index contributed by atoms with van der Waals surface area (Å²) in [4.78, 5) is 0.